The normalized spacial score (nSPS) is 10.5. The molecule has 0 saturated heterocycles. The molecule has 2 heteroatoms. The number of fused-ring (bicyclic) bond motifs is 1. The van der Waals surface area contributed by atoms with Crippen molar-refractivity contribution in [2.75, 3.05) is 6.54 Å². The Labute approximate surface area is 77.4 Å². The summed E-state index contributed by atoms with van der Waals surface area (Å²) in [7, 11) is 0. The van der Waals surface area contributed by atoms with E-state index in [0.717, 1.165) is 12.1 Å². The zero-order chi connectivity index (χ0) is 9.10. The summed E-state index contributed by atoms with van der Waals surface area (Å²) in [6.45, 7) is 0.654. The van der Waals surface area contributed by atoms with E-state index in [1.165, 1.54) is 10.8 Å². The summed E-state index contributed by atoms with van der Waals surface area (Å²) in [5.41, 5.74) is 6.61. The number of pyridine rings is 1. The van der Waals surface area contributed by atoms with Gasteiger partial charge in [0.15, 0.2) is 0 Å². The van der Waals surface area contributed by atoms with Gasteiger partial charge in [-0.15, -0.1) is 0 Å². The minimum absolute atomic E-state index is 0.654. The summed E-state index contributed by atoms with van der Waals surface area (Å²) in [5, 5.41) is 2.46. The predicted molar refractivity (Wildman–Crippen MR) is 54.5 cm³/mol. The van der Waals surface area contributed by atoms with Crippen LogP contribution in [-0.2, 0) is 6.42 Å². The van der Waals surface area contributed by atoms with Crippen LogP contribution in [0.5, 0.6) is 0 Å². The van der Waals surface area contributed by atoms with Crippen molar-refractivity contribution < 1.29 is 0 Å². The fourth-order valence-corrected chi connectivity index (χ4v) is 1.52. The molecule has 0 unspecified atom stereocenters. The molecule has 2 rings (SSSR count). The van der Waals surface area contributed by atoms with Crippen LogP contribution in [0, 0.1) is 0 Å². The molecule has 0 aliphatic heterocycles. The molecule has 0 fully saturated rings. The number of rotatable bonds is 2. The number of nitrogens with zero attached hydrogens (tertiary/aromatic N) is 1. The predicted octanol–water partition coefficient (Wildman–Crippen LogP) is 1.74. The Balaban J connectivity index is 2.61. The quantitative estimate of drug-likeness (QED) is 0.749. The van der Waals surface area contributed by atoms with Gasteiger partial charge in [-0.3, -0.25) is 4.98 Å². The van der Waals surface area contributed by atoms with Crippen LogP contribution in [-0.4, -0.2) is 11.5 Å². The highest BCUT2D eigenvalue weighted by molar-refractivity contribution is 5.84. The van der Waals surface area contributed by atoms with Gasteiger partial charge in [0.2, 0.25) is 0 Å². The van der Waals surface area contributed by atoms with Crippen molar-refractivity contribution in [1.82, 2.24) is 4.98 Å². The first-order valence-corrected chi connectivity index (χ1v) is 4.44. The second kappa shape index (κ2) is 3.54. The van der Waals surface area contributed by atoms with Crippen molar-refractivity contribution in [3.05, 3.63) is 42.2 Å². The van der Waals surface area contributed by atoms with E-state index < -0.39 is 0 Å². The van der Waals surface area contributed by atoms with Crippen LogP contribution in [0.4, 0.5) is 0 Å². The van der Waals surface area contributed by atoms with Crippen LogP contribution in [0.3, 0.4) is 0 Å². The van der Waals surface area contributed by atoms with E-state index in [-0.39, 0.29) is 0 Å². The first-order valence-electron chi connectivity index (χ1n) is 4.44. The Bertz CT molecular complexity index is 404. The summed E-state index contributed by atoms with van der Waals surface area (Å²) in [5.74, 6) is 0. The maximum Gasteiger partial charge on any atom is 0.0494 e. The molecular formula is C11H12N2. The van der Waals surface area contributed by atoms with E-state index >= 15 is 0 Å². The second-order valence-electron chi connectivity index (χ2n) is 3.02. The fourth-order valence-electron chi connectivity index (χ4n) is 1.52. The topological polar surface area (TPSA) is 38.9 Å². The molecule has 1 heterocycles. The van der Waals surface area contributed by atoms with Crippen molar-refractivity contribution >= 4 is 10.8 Å². The average molecular weight is 172 g/mol. The van der Waals surface area contributed by atoms with Crippen LogP contribution in [0.1, 0.15) is 5.69 Å². The van der Waals surface area contributed by atoms with Crippen LogP contribution >= 0.6 is 0 Å². The van der Waals surface area contributed by atoms with E-state index in [4.69, 9.17) is 5.73 Å². The Hall–Kier alpha value is -1.41. The third-order valence-corrected chi connectivity index (χ3v) is 2.14. The Morgan fingerprint density at radius 2 is 2.00 bits per heavy atom. The fraction of sp³-hybridized carbons (Fsp3) is 0.182. The smallest absolute Gasteiger partial charge is 0.0494 e. The molecular weight excluding hydrogens is 160 g/mol. The van der Waals surface area contributed by atoms with Crippen LogP contribution in [0.15, 0.2) is 36.5 Å². The molecule has 0 amide bonds. The summed E-state index contributed by atoms with van der Waals surface area (Å²) < 4.78 is 0. The van der Waals surface area contributed by atoms with Gasteiger partial charge in [-0.25, -0.2) is 0 Å². The van der Waals surface area contributed by atoms with Gasteiger partial charge < -0.3 is 5.73 Å². The van der Waals surface area contributed by atoms with Gasteiger partial charge >= 0.3 is 0 Å². The van der Waals surface area contributed by atoms with E-state index in [1.54, 1.807) is 0 Å². The Morgan fingerprint density at radius 3 is 2.85 bits per heavy atom. The molecule has 0 bridgehead atoms. The molecule has 66 valence electrons. The Morgan fingerprint density at radius 1 is 1.15 bits per heavy atom. The van der Waals surface area contributed by atoms with E-state index in [0.29, 0.717) is 6.54 Å². The van der Waals surface area contributed by atoms with Crippen LogP contribution in [0.2, 0.25) is 0 Å². The minimum atomic E-state index is 0.654. The van der Waals surface area contributed by atoms with Crippen LogP contribution < -0.4 is 5.73 Å². The lowest BCUT2D eigenvalue weighted by Gasteiger charge is -2.02. The number of hydrogen-bond acceptors (Lipinski definition) is 2. The Kier molecular flexibility index (Phi) is 2.23. The lowest BCUT2D eigenvalue weighted by molar-refractivity contribution is 0.935. The van der Waals surface area contributed by atoms with Gasteiger partial charge in [0, 0.05) is 23.7 Å². The average Bonchev–Trinajstić information content (AvgIpc) is 2.19. The highest BCUT2D eigenvalue weighted by atomic mass is 14.7. The van der Waals surface area contributed by atoms with Crippen molar-refractivity contribution in [2.24, 2.45) is 5.73 Å². The third kappa shape index (κ3) is 1.53. The van der Waals surface area contributed by atoms with Gasteiger partial charge in [-0.1, -0.05) is 24.3 Å². The lowest BCUT2D eigenvalue weighted by atomic mass is 10.1. The second-order valence-corrected chi connectivity index (χ2v) is 3.02. The molecule has 0 aliphatic carbocycles. The summed E-state index contributed by atoms with van der Waals surface area (Å²) >= 11 is 0. The zero-order valence-electron chi connectivity index (χ0n) is 7.40. The standard InChI is InChI=1S/C11H12N2/c12-7-5-11-10-4-2-1-3-9(10)6-8-13-11/h1-4,6,8H,5,7,12H2. The minimum Gasteiger partial charge on any atom is -0.330 e. The summed E-state index contributed by atoms with van der Waals surface area (Å²) in [6, 6.07) is 10.3. The molecule has 0 spiro atoms. The van der Waals surface area contributed by atoms with Gasteiger partial charge in [-0.2, -0.15) is 0 Å². The van der Waals surface area contributed by atoms with Gasteiger partial charge in [0.25, 0.3) is 0 Å². The molecule has 0 saturated carbocycles. The SMILES string of the molecule is NCCc1nccc2ccccc12. The zero-order valence-corrected chi connectivity index (χ0v) is 7.40. The molecule has 13 heavy (non-hydrogen) atoms. The molecule has 0 aliphatic rings. The molecule has 2 aromatic rings. The number of hydrogen-bond donors (Lipinski definition) is 1. The van der Waals surface area contributed by atoms with Gasteiger partial charge in [0.05, 0.1) is 0 Å². The van der Waals surface area contributed by atoms with Crippen molar-refractivity contribution in [2.45, 2.75) is 6.42 Å². The van der Waals surface area contributed by atoms with Crippen LogP contribution in [0.25, 0.3) is 10.8 Å². The number of benzene rings is 1. The van der Waals surface area contributed by atoms with Crippen molar-refractivity contribution in [3.63, 3.8) is 0 Å². The molecule has 1 aromatic heterocycles. The van der Waals surface area contributed by atoms with E-state index in [1.807, 2.05) is 24.4 Å². The first-order chi connectivity index (χ1) is 6.42. The van der Waals surface area contributed by atoms with Crippen molar-refractivity contribution in [3.8, 4) is 0 Å². The lowest BCUT2D eigenvalue weighted by Crippen LogP contribution is -2.04. The van der Waals surface area contributed by atoms with Gasteiger partial charge in [-0.05, 0) is 18.0 Å². The molecule has 2 nitrogen and oxygen atoms in total. The number of nitrogens with two attached hydrogens (primary N) is 1. The molecule has 1 aromatic carbocycles. The first kappa shape index (κ1) is 8.20. The highest BCUT2D eigenvalue weighted by Gasteiger charge is 1.99. The third-order valence-electron chi connectivity index (χ3n) is 2.14. The molecule has 0 atom stereocenters. The van der Waals surface area contributed by atoms with E-state index in [2.05, 4.69) is 17.1 Å². The van der Waals surface area contributed by atoms with Gasteiger partial charge in [0.1, 0.15) is 0 Å². The molecule has 0 radical (unpaired) electrons. The maximum absolute atomic E-state index is 5.51. The monoisotopic (exact) mass is 172 g/mol. The summed E-state index contributed by atoms with van der Waals surface area (Å²) in [6.07, 6.45) is 2.69. The number of aromatic nitrogens is 1. The summed E-state index contributed by atoms with van der Waals surface area (Å²) in [4.78, 5) is 4.32. The van der Waals surface area contributed by atoms with Crippen molar-refractivity contribution in [1.29, 1.82) is 0 Å². The largest absolute Gasteiger partial charge is 0.330 e. The molecule has 2 N–H and O–H groups in total. The highest BCUT2D eigenvalue weighted by Crippen LogP contribution is 2.15. The maximum atomic E-state index is 5.51. The van der Waals surface area contributed by atoms with E-state index in [9.17, 15) is 0 Å².